The molecule has 2 rings (SSSR count). The zero-order valence-electron chi connectivity index (χ0n) is 9.85. The first kappa shape index (κ1) is 13.9. The molecule has 2 atom stereocenters. The van der Waals surface area contributed by atoms with Crippen LogP contribution < -0.4 is 5.73 Å². The third-order valence-corrected chi connectivity index (χ3v) is 4.05. The molecule has 5 heteroatoms. The Hall–Kier alpha value is -0.160. The fourth-order valence-electron chi connectivity index (χ4n) is 2.29. The molecule has 92 valence electrons. The van der Waals surface area contributed by atoms with Crippen LogP contribution >= 0.6 is 23.7 Å². The van der Waals surface area contributed by atoms with Gasteiger partial charge >= 0.3 is 0 Å². The van der Waals surface area contributed by atoms with Crippen LogP contribution in [0.2, 0.25) is 0 Å². The van der Waals surface area contributed by atoms with Crippen LogP contribution in [0.1, 0.15) is 23.2 Å². The minimum absolute atomic E-state index is 0. The highest BCUT2D eigenvalue weighted by Gasteiger charge is 2.28. The second kappa shape index (κ2) is 5.96. The fourth-order valence-corrected chi connectivity index (χ4v) is 3.11. The molecule has 1 aromatic heterocycles. The monoisotopic (exact) mass is 261 g/mol. The van der Waals surface area contributed by atoms with Crippen LogP contribution in [0, 0.1) is 12.8 Å². The number of aryl methyl sites for hydroxylation is 1. The highest BCUT2D eigenvalue weighted by Crippen LogP contribution is 2.25. The van der Waals surface area contributed by atoms with E-state index in [1.807, 2.05) is 6.20 Å². The van der Waals surface area contributed by atoms with Gasteiger partial charge < -0.3 is 5.73 Å². The van der Waals surface area contributed by atoms with Crippen molar-refractivity contribution in [1.29, 1.82) is 0 Å². The van der Waals surface area contributed by atoms with Gasteiger partial charge in [0.25, 0.3) is 0 Å². The predicted octanol–water partition coefficient (Wildman–Crippen LogP) is 2.04. The maximum absolute atomic E-state index is 5.72. The number of thiazole rings is 1. The standard InChI is InChI=1S/C11H19N3S.ClH/c1-8-3-10(4-12)6-14(8)7-11-5-13-9(2)15-11;/h5,8,10H,3-4,6-7,12H2,1-2H3;1H. The molecule has 2 unspecified atom stereocenters. The van der Waals surface area contributed by atoms with Crippen LogP contribution in [0.5, 0.6) is 0 Å². The molecule has 1 fully saturated rings. The molecule has 0 aliphatic carbocycles. The number of likely N-dealkylation sites (tertiary alicyclic amines) is 1. The van der Waals surface area contributed by atoms with Crippen LogP contribution in [0.15, 0.2) is 6.20 Å². The number of hydrogen-bond donors (Lipinski definition) is 1. The zero-order chi connectivity index (χ0) is 10.8. The fraction of sp³-hybridized carbons (Fsp3) is 0.727. The van der Waals surface area contributed by atoms with Gasteiger partial charge in [0.2, 0.25) is 0 Å². The number of nitrogens with two attached hydrogens (primary N) is 1. The second-order valence-corrected chi connectivity index (χ2v) is 5.78. The summed E-state index contributed by atoms with van der Waals surface area (Å²) in [5.41, 5.74) is 5.72. The van der Waals surface area contributed by atoms with Gasteiger partial charge in [0, 0.05) is 30.2 Å². The lowest BCUT2D eigenvalue weighted by atomic mass is 10.1. The van der Waals surface area contributed by atoms with Crippen molar-refractivity contribution in [2.24, 2.45) is 11.7 Å². The van der Waals surface area contributed by atoms with Crippen molar-refractivity contribution in [3.05, 3.63) is 16.1 Å². The Balaban J connectivity index is 0.00000128. The summed E-state index contributed by atoms with van der Waals surface area (Å²) in [6.07, 6.45) is 3.25. The van der Waals surface area contributed by atoms with Crippen molar-refractivity contribution < 1.29 is 0 Å². The van der Waals surface area contributed by atoms with Crippen molar-refractivity contribution in [1.82, 2.24) is 9.88 Å². The van der Waals surface area contributed by atoms with Gasteiger partial charge in [0.05, 0.1) is 5.01 Å². The summed E-state index contributed by atoms with van der Waals surface area (Å²) in [5.74, 6) is 0.689. The molecule has 0 aromatic carbocycles. The lowest BCUT2D eigenvalue weighted by Gasteiger charge is -2.19. The Labute approximate surface area is 107 Å². The second-order valence-electron chi connectivity index (χ2n) is 4.46. The van der Waals surface area contributed by atoms with Gasteiger partial charge in [-0.1, -0.05) is 0 Å². The third-order valence-electron chi connectivity index (χ3n) is 3.15. The molecule has 1 aliphatic heterocycles. The number of aromatic nitrogens is 1. The SMILES string of the molecule is Cc1ncc(CN2CC(CN)CC2C)s1.Cl. The van der Waals surface area contributed by atoms with Gasteiger partial charge in [-0.2, -0.15) is 0 Å². The Morgan fingerprint density at radius 1 is 1.62 bits per heavy atom. The highest BCUT2D eigenvalue weighted by molar-refractivity contribution is 7.11. The van der Waals surface area contributed by atoms with Gasteiger partial charge in [-0.05, 0) is 32.7 Å². The first-order valence-corrected chi connectivity index (χ1v) is 6.36. The largest absolute Gasteiger partial charge is 0.330 e. The van der Waals surface area contributed by atoms with Crippen LogP contribution in [0.3, 0.4) is 0 Å². The maximum Gasteiger partial charge on any atom is 0.0897 e. The molecule has 2 heterocycles. The third kappa shape index (κ3) is 3.17. The quantitative estimate of drug-likeness (QED) is 0.906. The summed E-state index contributed by atoms with van der Waals surface area (Å²) in [6.45, 7) is 7.37. The average molecular weight is 262 g/mol. The van der Waals surface area contributed by atoms with Gasteiger partial charge in [-0.15, -0.1) is 23.7 Å². The van der Waals surface area contributed by atoms with Gasteiger partial charge in [0.1, 0.15) is 0 Å². The normalized spacial score (nSPS) is 25.7. The molecule has 0 radical (unpaired) electrons. The minimum Gasteiger partial charge on any atom is -0.330 e. The Morgan fingerprint density at radius 3 is 2.88 bits per heavy atom. The van der Waals surface area contributed by atoms with Crippen LogP contribution in [0.25, 0.3) is 0 Å². The number of halogens is 1. The number of rotatable bonds is 3. The van der Waals surface area contributed by atoms with Crippen LogP contribution in [-0.2, 0) is 6.54 Å². The van der Waals surface area contributed by atoms with Gasteiger partial charge in [-0.3, -0.25) is 4.90 Å². The molecular formula is C11H20ClN3S. The molecular weight excluding hydrogens is 242 g/mol. The Bertz CT molecular complexity index is 329. The zero-order valence-corrected chi connectivity index (χ0v) is 11.5. The average Bonchev–Trinajstić information content (AvgIpc) is 2.75. The summed E-state index contributed by atoms with van der Waals surface area (Å²) in [7, 11) is 0. The Kier molecular flexibility index (Phi) is 5.18. The van der Waals surface area contributed by atoms with E-state index < -0.39 is 0 Å². The summed E-state index contributed by atoms with van der Waals surface area (Å²) in [5, 5.41) is 1.16. The topological polar surface area (TPSA) is 42.2 Å². The molecule has 0 saturated carbocycles. The predicted molar refractivity (Wildman–Crippen MR) is 71.1 cm³/mol. The van der Waals surface area contributed by atoms with Gasteiger partial charge in [-0.25, -0.2) is 4.98 Å². The molecule has 0 bridgehead atoms. The molecule has 1 aromatic rings. The molecule has 0 spiro atoms. The van der Waals surface area contributed by atoms with E-state index in [9.17, 15) is 0 Å². The first-order valence-electron chi connectivity index (χ1n) is 5.54. The van der Waals surface area contributed by atoms with E-state index in [0.29, 0.717) is 12.0 Å². The van der Waals surface area contributed by atoms with Crippen molar-refractivity contribution in [2.45, 2.75) is 32.9 Å². The van der Waals surface area contributed by atoms with E-state index in [1.165, 1.54) is 11.3 Å². The summed E-state index contributed by atoms with van der Waals surface area (Å²) in [6, 6.07) is 0.668. The maximum atomic E-state index is 5.72. The van der Waals surface area contributed by atoms with E-state index in [0.717, 1.165) is 24.6 Å². The minimum atomic E-state index is 0. The summed E-state index contributed by atoms with van der Waals surface area (Å²) in [4.78, 5) is 8.18. The van der Waals surface area contributed by atoms with Crippen molar-refractivity contribution in [3.63, 3.8) is 0 Å². The number of nitrogens with zero attached hydrogens (tertiary/aromatic N) is 2. The Morgan fingerprint density at radius 2 is 2.38 bits per heavy atom. The van der Waals surface area contributed by atoms with E-state index in [1.54, 1.807) is 11.3 Å². The molecule has 3 nitrogen and oxygen atoms in total. The lowest BCUT2D eigenvalue weighted by Crippen LogP contribution is -2.26. The van der Waals surface area contributed by atoms with E-state index in [-0.39, 0.29) is 12.4 Å². The van der Waals surface area contributed by atoms with Crippen LogP contribution in [0.4, 0.5) is 0 Å². The molecule has 1 saturated heterocycles. The van der Waals surface area contributed by atoms with E-state index in [4.69, 9.17) is 5.73 Å². The van der Waals surface area contributed by atoms with Crippen molar-refractivity contribution in [3.8, 4) is 0 Å². The van der Waals surface area contributed by atoms with E-state index >= 15 is 0 Å². The first-order chi connectivity index (χ1) is 7.19. The molecule has 1 aliphatic rings. The molecule has 0 amide bonds. The summed E-state index contributed by atoms with van der Waals surface area (Å²) >= 11 is 1.80. The molecule has 16 heavy (non-hydrogen) atoms. The van der Waals surface area contributed by atoms with Gasteiger partial charge in [0.15, 0.2) is 0 Å². The number of hydrogen-bond acceptors (Lipinski definition) is 4. The van der Waals surface area contributed by atoms with E-state index in [2.05, 4.69) is 23.7 Å². The lowest BCUT2D eigenvalue weighted by molar-refractivity contribution is 0.258. The van der Waals surface area contributed by atoms with Crippen molar-refractivity contribution >= 4 is 23.7 Å². The van der Waals surface area contributed by atoms with Crippen molar-refractivity contribution in [2.75, 3.05) is 13.1 Å². The smallest absolute Gasteiger partial charge is 0.0897 e. The molecule has 2 N–H and O–H groups in total. The van der Waals surface area contributed by atoms with Crippen LogP contribution in [-0.4, -0.2) is 29.0 Å². The summed E-state index contributed by atoms with van der Waals surface area (Å²) < 4.78 is 0. The highest BCUT2D eigenvalue weighted by atomic mass is 35.5.